The molecule has 0 heterocycles. The fourth-order valence-corrected chi connectivity index (χ4v) is 1.92. The van der Waals surface area contributed by atoms with E-state index in [0.717, 1.165) is 18.8 Å². The zero-order valence-corrected chi connectivity index (χ0v) is 10.4. The third-order valence-electron chi connectivity index (χ3n) is 2.68. The molecule has 0 aromatic carbocycles. The molecule has 0 aliphatic rings. The molecule has 0 spiro atoms. The smallest absolute Gasteiger partial charge is 0.0850 e. The average molecular weight is 199 g/mol. The lowest BCUT2D eigenvalue weighted by molar-refractivity contribution is 0.124. The van der Waals surface area contributed by atoms with Crippen LogP contribution in [0.4, 0.5) is 0 Å². The normalized spacial score (nSPS) is 13.9. The van der Waals surface area contributed by atoms with Gasteiger partial charge in [-0.25, -0.2) is 5.11 Å². The van der Waals surface area contributed by atoms with Gasteiger partial charge in [-0.3, -0.25) is 0 Å². The van der Waals surface area contributed by atoms with Gasteiger partial charge in [0.1, 0.15) is 0 Å². The predicted octanol–water partition coefficient (Wildman–Crippen LogP) is 4.30. The Hall–Kier alpha value is -0.0400. The predicted molar refractivity (Wildman–Crippen MR) is 61.8 cm³/mol. The van der Waals surface area contributed by atoms with Crippen molar-refractivity contribution in [1.82, 2.24) is 0 Å². The van der Waals surface area contributed by atoms with Crippen molar-refractivity contribution in [3.63, 3.8) is 0 Å². The van der Waals surface area contributed by atoms with E-state index in [-0.39, 0.29) is 6.61 Å². The van der Waals surface area contributed by atoms with Crippen molar-refractivity contribution >= 4 is 0 Å². The molecule has 0 aliphatic heterocycles. The molecule has 1 unspecified atom stereocenters. The van der Waals surface area contributed by atoms with E-state index in [2.05, 4.69) is 27.7 Å². The monoisotopic (exact) mass is 199 g/mol. The van der Waals surface area contributed by atoms with Crippen molar-refractivity contribution in [2.75, 3.05) is 6.61 Å². The van der Waals surface area contributed by atoms with Crippen LogP contribution in [0.5, 0.6) is 0 Å². The topological polar surface area (TPSA) is 19.9 Å². The second-order valence-corrected chi connectivity index (χ2v) is 5.34. The Morgan fingerprint density at radius 3 is 1.86 bits per heavy atom. The maximum absolute atomic E-state index is 10.9. The Balaban J connectivity index is 3.43. The Morgan fingerprint density at radius 2 is 1.43 bits per heavy atom. The summed E-state index contributed by atoms with van der Waals surface area (Å²) in [6.45, 7) is 9.06. The van der Waals surface area contributed by atoms with Crippen LogP contribution in [-0.2, 0) is 5.11 Å². The zero-order valence-electron chi connectivity index (χ0n) is 10.4. The molecule has 0 fully saturated rings. The fraction of sp³-hybridized carbons (Fsp3) is 1.00. The van der Waals surface area contributed by atoms with Crippen molar-refractivity contribution in [2.24, 2.45) is 17.8 Å². The summed E-state index contributed by atoms with van der Waals surface area (Å²) in [7, 11) is 0. The zero-order chi connectivity index (χ0) is 11.0. The SMILES string of the molecule is CC(C)CCCCC(C[O])CC(C)C. The van der Waals surface area contributed by atoms with Crippen LogP contribution in [-0.4, -0.2) is 6.61 Å². The standard InChI is InChI=1S/C13H27O/c1-11(2)7-5-6-8-13(10-14)9-12(3)4/h11-13H,5-10H2,1-4H3. The van der Waals surface area contributed by atoms with Crippen molar-refractivity contribution in [3.8, 4) is 0 Å². The summed E-state index contributed by atoms with van der Waals surface area (Å²) < 4.78 is 0. The summed E-state index contributed by atoms with van der Waals surface area (Å²) >= 11 is 0. The van der Waals surface area contributed by atoms with Gasteiger partial charge in [-0.05, 0) is 30.6 Å². The highest BCUT2D eigenvalue weighted by Gasteiger charge is 2.10. The Bertz CT molecular complexity index is 118. The summed E-state index contributed by atoms with van der Waals surface area (Å²) in [6.07, 6.45) is 6.12. The maximum atomic E-state index is 10.9. The lowest BCUT2D eigenvalue weighted by Gasteiger charge is -2.15. The first-order chi connectivity index (χ1) is 6.56. The highest BCUT2D eigenvalue weighted by Crippen LogP contribution is 2.19. The van der Waals surface area contributed by atoms with Crippen LogP contribution in [0.15, 0.2) is 0 Å². The average Bonchev–Trinajstić information content (AvgIpc) is 2.09. The molecular weight excluding hydrogens is 172 g/mol. The van der Waals surface area contributed by atoms with Gasteiger partial charge in [0.05, 0.1) is 6.61 Å². The maximum Gasteiger partial charge on any atom is 0.0850 e. The molecule has 0 saturated heterocycles. The highest BCUT2D eigenvalue weighted by molar-refractivity contribution is 4.60. The molecule has 0 bridgehead atoms. The van der Waals surface area contributed by atoms with E-state index in [4.69, 9.17) is 0 Å². The van der Waals surface area contributed by atoms with Crippen molar-refractivity contribution in [1.29, 1.82) is 0 Å². The van der Waals surface area contributed by atoms with E-state index in [9.17, 15) is 5.11 Å². The minimum Gasteiger partial charge on any atom is -0.236 e. The van der Waals surface area contributed by atoms with Gasteiger partial charge in [-0.1, -0.05) is 47.0 Å². The lowest BCUT2D eigenvalue weighted by Crippen LogP contribution is -2.08. The summed E-state index contributed by atoms with van der Waals surface area (Å²) in [5.74, 6) is 1.92. The summed E-state index contributed by atoms with van der Waals surface area (Å²) in [4.78, 5) is 0. The number of rotatable bonds is 8. The second kappa shape index (κ2) is 8.28. The lowest BCUT2D eigenvalue weighted by atomic mass is 9.92. The summed E-state index contributed by atoms with van der Waals surface area (Å²) in [6, 6.07) is 0. The third-order valence-corrected chi connectivity index (χ3v) is 2.68. The van der Waals surface area contributed by atoms with Gasteiger partial charge in [0.15, 0.2) is 0 Å². The van der Waals surface area contributed by atoms with Crippen LogP contribution in [0.1, 0.15) is 59.8 Å². The van der Waals surface area contributed by atoms with Crippen LogP contribution in [0, 0.1) is 17.8 Å². The van der Waals surface area contributed by atoms with Crippen LogP contribution in [0.3, 0.4) is 0 Å². The van der Waals surface area contributed by atoms with E-state index in [1.165, 1.54) is 19.3 Å². The molecule has 0 N–H and O–H groups in total. The number of hydrogen-bond donors (Lipinski definition) is 0. The van der Waals surface area contributed by atoms with E-state index in [1.54, 1.807) is 0 Å². The van der Waals surface area contributed by atoms with Gasteiger partial charge in [0, 0.05) is 0 Å². The van der Waals surface area contributed by atoms with Crippen molar-refractivity contribution in [3.05, 3.63) is 0 Å². The third kappa shape index (κ3) is 8.55. The molecule has 1 heteroatoms. The fourth-order valence-electron chi connectivity index (χ4n) is 1.92. The van der Waals surface area contributed by atoms with Gasteiger partial charge in [-0.2, -0.15) is 0 Å². The molecule has 0 amide bonds. The van der Waals surface area contributed by atoms with Crippen molar-refractivity contribution in [2.45, 2.75) is 59.8 Å². The van der Waals surface area contributed by atoms with Gasteiger partial charge < -0.3 is 0 Å². The number of hydrogen-bond acceptors (Lipinski definition) is 0. The van der Waals surface area contributed by atoms with Crippen LogP contribution >= 0.6 is 0 Å². The quantitative estimate of drug-likeness (QED) is 0.520. The molecular formula is C13H27O. The largest absolute Gasteiger partial charge is 0.236 e. The second-order valence-electron chi connectivity index (χ2n) is 5.34. The van der Waals surface area contributed by atoms with E-state index in [0.29, 0.717) is 11.8 Å². The molecule has 0 aromatic rings. The van der Waals surface area contributed by atoms with Crippen LogP contribution in [0.25, 0.3) is 0 Å². The molecule has 1 atom stereocenters. The highest BCUT2D eigenvalue weighted by atomic mass is 16.3. The van der Waals surface area contributed by atoms with Gasteiger partial charge in [0.2, 0.25) is 0 Å². The molecule has 85 valence electrons. The van der Waals surface area contributed by atoms with Crippen LogP contribution in [0.2, 0.25) is 0 Å². The first-order valence-electron chi connectivity index (χ1n) is 6.14. The molecule has 0 aliphatic carbocycles. The van der Waals surface area contributed by atoms with Gasteiger partial charge in [0.25, 0.3) is 0 Å². The molecule has 1 radical (unpaired) electrons. The Kier molecular flexibility index (Phi) is 8.26. The molecule has 1 nitrogen and oxygen atoms in total. The van der Waals surface area contributed by atoms with E-state index >= 15 is 0 Å². The molecule has 0 aromatic heterocycles. The minimum absolute atomic E-state index is 0.125. The van der Waals surface area contributed by atoms with E-state index < -0.39 is 0 Å². The van der Waals surface area contributed by atoms with Crippen LogP contribution < -0.4 is 0 Å². The number of unbranched alkanes of at least 4 members (excludes halogenated alkanes) is 1. The summed E-state index contributed by atoms with van der Waals surface area (Å²) in [5.41, 5.74) is 0. The molecule has 0 saturated carbocycles. The minimum atomic E-state index is 0.125. The molecule has 0 rings (SSSR count). The Morgan fingerprint density at radius 1 is 0.857 bits per heavy atom. The van der Waals surface area contributed by atoms with Gasteiger partial charge >= 0.3 is 0 Å². The van der Waals surface area contributed by atoms with Gasteiger partial charge in [-0.15, -0.1) is 0 Å². The Labute approximate surface area is 89.9 Å². The van der Waals surface area contributed by atoms with Crippen molar-refractivity contribution < 1.29 is 5.11 Å². The van der Waals surface area contributed by atoms with E-state index in [1.807, 2.05) is 0 Å². The summed E-state index contributed by atoms with van der Waals surface area (Å²) in [5, 5.41) is 10.9. The molecule has 14 heavy (non-hydrogen) atoms. The first-order valence-corrected chi connectivity index (χ1v) is 6.14. The first kappa shape index (κ1) is 14.0.